The van der Waals surface area contributed by atoms with E-state index >= 15 is 0 Å². The van der Waals surface area contributed by atoms with Gasteiger partial charge in [0.2, 0.25) is 5.91 Å². The molecule has 1 unspecified atom stereocenters. The lowest BCUT2D eigenvalue weighted by Crippen LogP contribution is -2.39. The van der Waals surface area contributed by atoms with Crippen molar-refractivity contribution in [1.29, 1.82) is 0 Å². The third-order valence-electron chi connectivity index (χ3n) is 2.48. The number of pyridine rings is 1. The Bertz CT molecular complexity index is 460. The van der Waals surface area contributed by atoms with Crippen molar-refractivity contribution in [2.24, 2.45) is 5.92 Å². The van der Waals surface area contributed by atoms with Crippen molar-refractivity contribution >= 4 is 11.7 Å². The Morgan fingerprint density at radius 1 is 1.30 bits per heavy atom. The number of carbonyl (C=O) groups is 1. The smallest absolute Gasteiger partial charge is 0.359 e. The van der Waals surface area contributed by atoms with Crippen molar-refractivity contribution in [3.05, 3.63) is 23.9 Å². The van der Waals surface area contributed by atoms with Gasteiger partial charge in [-0.1, -0.05) is 19.9 Å². The van der Waals surface area contributed by atoms with E-state index in [9.17, 15) is 18.0 Å². The van der Waals surface area contributed by atoms with Crippen molar-refractivity contribution in [3.8, 4) is 0 Å². The number of nitrogens with zero attached hydrogens (tertiary/aromatic N) is 1. The second-order valence-corrected chi connectivity index (χ2v) is 4.91. The zero-order valence-corrected chi connectivity index (χ0v) is 11.6. The zero-order valence-electron chi connectivity index (χ0n) is 11.6. The van der Waals surface area contributed by atoms with Crippen molar-refractivity contribution in [2.75, 3.05) is 11.9 Å². The van der Waals surface area contributed by atoms with Gasteiger partial charge < -0.3 is 10.6 Å². The number of anilines is 1. The molecule has 2 N–H and O–H groups in total. The summed E-state index contributed by atoms with van der Waals surface area (Å²) in [6, 6.07) is 2.86. The summed E-state index contributed by atoms with van der Waals surface area (Å²) >= 11 is 0. The number of rotatable bonds is 5. The van der Waals surface area contributed by atoms with Gasteiger partial charge in [0, 0.05) is 6.54 Å². The summed E-state index contributed by atoms with van der Waals surface area (Å²) < 4.78 is 37.5. The summed E-state index contributed by atoms with van der Waals surface area (Å²) in [7, 11) is 0. The summed E-state index contributed by atoms with van der Waals surface area (Å²) in [6.45, 7) is 5.98. The second-order valence-electron chi connectivity index (χ2n) is 4.91. The van der Waals surface area contributed by atoms with Crippen LogP contribution in [0, 0.1) is 5.92 Å². The van der Waals surface area contributed by atoms with E-state index in [1.165, 1.54) is 12.1 Å². The van der Waals surface area contributed by atoms with Crippen LogP contribution >= 0.6 is 0 Å². The molecular weight excluding hydrogens is 271 g/mol. The van der Waals surface area contributed by atoms with Gasteiger partial charge in [0.05, 0.1) is 0 Å². The summed E-state index contributed by atoms with van der Waals surface area (Å²) in [5, 5.41) is 5.35. The van der Waals surface area contributed by atoms with Crippen LogP contribution < -0.4 is 10.6 Å². The maximum absolute atomic E-state index is 12.5. The van der Waals surface area contributed by atoms with E-state index in [1.54, 1.807) is 6.92 Å². The fourth-order valence-electron chi connectivity index (χ4n) is 1.42. The Labute approximate surface area is 115 Å². The molecule has 0 saturated carbocycles. The molecule has 20 heavy (non-hydrogen) atoms. The van der Waals surface area contributed by atoms with Crippen molar-refractivity contribution in [1.82, 2.24) is 10.3 Å². The topological polar surface area (TPSA) is 54.0 Å². The van der Waals surface area contributed by atoms with Crippen LogP contribution in [0.2, 0.25) is 0 Å². The summed E-state index contributed by atoms with van der Waals surface area (Å²) in [4.78, 5) is 15.2. The van der Waals surface area contributed by atoms with Crippen molar-refractivity contribution in [2.45, 2.75) is 33.0 Å². The molecule has 0 bridgehead atoms. The fraction of sp³-hybridized carbons (Fsp3) is 0.538. The highest BCUT2D eigenvalue weighted by Gasteiger charge is 2.32. The van der Waals surface area contributed by atoms with Gasteiger partial charge in [0.1, 0.15) is 17.6 Å². The van der Waals surface area contributed by atoms with Crippen molar-refractivity contribution < 1.29 is 18.0 Å². The van der Waals surface area contributed by atoms with E-state index in [0.717, 1.165) is 6.07 Å². The van der Waals surface area contributed by atoms with Gasteiger partial charge >= 0.3 is 6.18 Å². The van der Waals surface area contributed by atoms with E-state index in [-0.39, 0.29) is 11.7 Å². The molecule has 1 heterocycles. The first kappa shape index (κ1) is 16.3. The van der Waals surface area contributed by atoms with Crippen LogP contribution in [0.3, 0.4) is 0 Å². The number of hydrogen-bond donors (Lipinski definition) is 2. The van der Waals surface area contributed by atoms with E-state index in [2.05, 4.69) is 15.6 Å². The fourth-order valence-corrected chi connectivity index (χ4v) is 1.42. The van der Waals surface area contributed by atoms with Crippen molar-refractivity contribution in [3.63, 3.8) is 0 Å². The quantitative estimate of drug-likeness (QED) is 0.876. The number of carbonyl (C=O) groups excluding carboxylic acids is 1. The number of halogens is 3. The van der Waals surface area contributed by atoms with E-state index in [4.69, 9.17) is 0 Å². The molecule has 0 radical (unpaired) electrons. The van der Waals surface area contributed by atoms with Crippen LogP contribution in [-0.2, 0) is 11.0 Å². The molecule has 1 atom stereocenters. The summed E-state index contributed by atoms with van der Waals surface area (Å²) in [5.74, 6) is 0.0442. The molecule has 7 heteroatoms. The third kappa shape index (κ3) is 5.07. The highest BCUT2D eigenvalue weighted by Crippen LogP contribution is 2.28. The van der Waals surface area contributed by atoms with E-state index in [0.29, 0.717) is 12.5 Å². The predicted octanol–water partition coefficient (Wildman–Crippen LogP) is 2.67. The average molecular weight is 289 g/mol. The van der Waals surface area contributed by atoms with Crippen LogP contribution in [0.5, 0.6) is 0 Å². The van der Waals surface area contributed by atoms with Gasteiger partial charge in [-0.25, -0.2) is 4.98 Å². The number of aromatic nitrogens is 1. The standard InChI is InChI=1S/C13H18F3N3O/c1-8(2)7-17-12(20)9(3)18-11-6-4-5-10(19-11)13(14,15)16/h4-6,8-9H,7H2,1-3H3,(H,17,20)(H,18,19). The number of alkyl halides is 3. The number of nitrogens with one attached hydrogen (secondary N) is 2. The Hall–Kier alpha value is -1.79. The summed E-state index contributed by atoms with van der Waals surface area (Å²) in [6.07, 6.45) is -4.50. The largest absolute Gasteiger partial charge is 0.433 e. The minimum Gasteiger partial charge on any atom is -0.359 e. The molecule has 0 fully saturated rings. The molecule has 1 rings (SSSR count). The first-order valence-corrected chi connectivity index (χ1v) is 6.28. The lowest BCUT2D eigenvalue weighted by Gasteiger charge is -2.16. The van der Waals surface area contributed by atoms with E-state index in [1.807, 2.05) is 13.8 Å². The first-order chi connectivity index (χ1) is 9.20. The van der Waals surface area contributed by atoms with Crippen LogP contribution in [0.15, 0.2) is 18.2 Å². The molecule has 1 aromatic heterocycles. The lowest BCUT2D eigenvalue weighted by atomic mass is 10.2. The molecule has 0 spiro atoms. The van der Waals surface area contributed by atoms with Gasteiger partial charge in [-0.3, -0.25) is 4.79 Å². The number of amides is 1. The Balaban J connectivity index is 2.66. The zero-order chi connectivity index (χ0) is 15.3. The molecule has 4 nitrogen and oxygen atoms in total. The minimum atomic E-state index is -4.50. The highest BCUT2D eigenvalue weighted by atomic mass is 19.4. The molecule has 0 aliphatic rings. The maximum atomic E-state index is 12.5. The van der Waals surface area contributed by atoms with E-state index < -0.39 is 17.9 Å². The monoisotopic (exact) mass is 289 g/mol. The molecular formula is C13H18F3N3O. The summed E-state index contributed by atoms with van der Waals surface area (Å²) in [5.41, 5.74) is -0.989. The van der Waals surface area contributed by atoms with Gasteiger partial charge in [-0.05, 0) is 25.0 Å². The molecule has 1 aromatic rings. The molecule has 0 aliphatic heterocycles. The van der Waals surface area contributed by atoms with Crippen LogP contribution in [0.25, 0.3) is 0 Å². The molecule has 0 aliphatic carbocycles. The van der Waals surface area contributed by atoms with Gasteiger partial charge in [-0.2, -0.15) is 13.2 Å². The molecule has 1 amide bonds. The minimum absolute atomic E-state index is 0.0204. The number of hydrogen-bond acceptors (Lipinski definition) is 3. The van der Waals surface area contributed by atoms with Gasteiger partial charge in [0.25, 0.3) is 0 Å². The second kappa shape index (κ2) is 6.58. The molecule has 112 valence electrons. The highest BCUT2D eigenvalue weighted by molar-refractivity contribution is 5.83. The average Bonchev–Trinajstić information content (AvgIpc) is 2.35. The lowest BCUT2D eigenvalue weighted by molar-refractivity contribution is -0.141. The Kier molecular flexibility index (Phi) is 5.35. The Morgan fingerprint density at radius 3 is 2.50 bits per heavy atom. The third-order valence-corrected chi connectivity index (χ3v) is 2.48. The van der Waals surface area contributed by atoms with Gasteiger partial charge in [0.15, 0.2) is 0 Å². The Morgan fingerprint density at radius 2 is 1.95 bits per heavy atom. The SMILES string of the molecule is CC(C)CNC(=O)C(C)Nc1cccc(C(F)(F)F)n1. The maximum Gasteiger partial charge on any atom is 0.433 e. The van der Waals surface area contributed by atoms with Crippen LogP contribution in [0.1, 0.15) is 26.5 Å². The first-order valence-electron chi connectivity index (χ1n) is 6.28. The van der Waals surface area contributed by atoms with Crippen LogP contribution in [-0.4, -0.2) is 23.5 Å². The van der Waals surface area contributed by atoms with Crippen LogP contribution in [0.4, 0.5) is 19.0 Å². The normalized spacial score (nSPS) is 13.2. The predicted molar refractivity (Wildman–Crippen MR) is 70.2 cm³/mol. The van der Waals surface area contributed by atoms with Gasteiger partial charge in [-0.15, -0.1) is 0 Å². The molecule has 0 aromatic carbocycles. The molecule has 0 saturated heterocycles.